The van der Waals surface area contributed by atoms with Gasteiger partial charge in [-0.2, -0.15) is 0 Å². The molecule has 0 aromatic carbocycles. The van der Waals surface area contributed by atoms with Crippen molar-refractivity contribution in [2.24, 2.45) is 11.5 Å². The summed E-state index contributed by atoms with van der Waals surface area (Å²) in [6.45, 7) is -0.719. The van der Waals surface area contributed by atoms with Crippen molar-refractivity contribution in [1.82, 2.24) is 5.32 Å². The number of nitrogens with one attached hydrogen (secondary N) is 1. The van der Waals surface area contributed by atoms with E-state index in [-0.39, 0.29) is 0 Å². The Balaban J connectivity index is 0. The van der Waals surface area contributed by atoms with Crippen molar-refractivity contribution in [1.29, 1.82) is 0 Å². The molecule has 0 atom stereocenters. The number of aliphatic hydroxyl groups is 1. The van der Waals surface area contributed by atoms with Crippen LogP contribution in [0.2, 0.25) is 0 Å². The number of carbonyl (C=O) groups excluding carboxylic acids is 2. The van der Waals surface area contributed by atoms with Crippen molar-refractivity contribution in [3.63, 3.8) is 0 Å². The summed E-state index contributed by atoms with van der Waals surface area (Å²) in [4.78, 5) is 19.7. The van der Waals surface area contributed by atoms with Crippen LogP contribution in [0.25, 0.3) is 0 Å². The van der Waals surface area contributed by atoms with Crippen LogP contribution in [-0.4, -0.2) is 30.7 Å². The number of carbonyl (C=O) groups is 2. The van der Waals surface area contributed by atoms with Gasteiger partial charge in [0.2, 0.25) is 0 Å². The van der Waals surface area contributed by atoms with Crippen molar-refractivity contribution < 1.29 is 14.7 Å². The monoisotopic (exact) mass is 149 g/mol. The molecule has 0 saturated heterocycles. The van der Waals surface area contributed by atoms with Gasteiger partial charge < -0.3 is 16.6 Å². The van der Waals surface area contributed by atoms with Crippen molar-refractivity contribution in [3.05, 3.63) is 0 Å². The van der Waals surface area contributed by atoms with E-state index in [1.54, 1.807) is 5.32 Å². The fraction of sp³-hybridized carbons (Fsp3) is 0.500. The van der Waals surface area contributed by atoms with Gasteiger partial charge in [-0.3, -0.25) is 10.1 Å². The molecule has 0 bridgehead atoms. The zero-order chi connectivity index (χ0) is 8.57. The number of hydrogen-bond donors (Lipinski definition) is 4. The predicted molar refractivity (Wildman–Crippen MR) is 34.9 cm³/mol. The van der Waals surface area contributed by atoms with E-state index in [1.807, 2.05) is 0 Å². The largest absolute Gasteiger partial charge is 0.387 e. The molecule has 0 unspecified atom stereocenters. The molecule has 0 heterocycles. The number of imide groups is 1. The number of aliphatic hydroxyl groups excluding tert-OH is 1. The molecule has 0 aromatic heterocycles. The number of urea groups is 1. The van der Waals surface area contributed by atoms with Crippen LogP contribution in [0.3, 0.4) is 0 Å². The van der Waals surface area contributed by atoms with Gasteiger partial charge in [0.15, 0.2) is 0 Å². The lowest BCUT2D eigenvalue weighted by Crippen LogP contribution is -2.36. The summed E-state index contributed by atoms with van der Waals surface area (Å²) in [5.41, 5.74) is 8.99. The van der Waals surface area contributed by atoms with Crippen LogP contribution in [0, 0.1) is 0 Å². The molecule has 6 heteroatoms. The first-order valence-corrected chi connectivity index (χ1v) is 2.44. The highest BCUT2D eigenvalue weighted by molar-refractivity contribution is 5.93. The molecule has 6 nitrogen and oxygen atoms in total. The number of amides is 3. The highest BCUT2D eigenvalue weighted by atomic mass is 16.3. The minimum atomic E-state index is -0.955. The van der Waals surface area contributed by atoms with Crippen LogP contribution in [0.5, 0.6) is 0 Å². The molecular weight excluding hydrogens is 138 g/mol. The number of primary amides is 1. The molecule has 6 N–H and O–H groups in total. The molecule has 10 heavy (non-hydrogen) atoms. The molecule has 0 aliphatic rings. The Labute approximate surface area is 58.2 Å². The van der Waals surface area contributed by atoms with E-state index in [0.29, 0.717) is 0 Å². The Morgan fingerprint density at radius 1 is 1.50 bits per heavy atom. The van der Waals surface area contributed by atoms with Gasteiger partial charge >= 0.3 is 6.03 Å². The average molecular weight is 149 g/mol. The summed E-state index contributed by atoms with van der Waals surface area (Å²) in [6.07, 6.45) is 0. The third-order valence-corrected chi connectivity index (χ3v) is 0.406. The maximum atomic E-state index is 9.96. The summed E-state index contributed by atoms with van der Waals surface area (Å²) in [5, 5.41) is 9.61. The van der Waals surface area contributed by atoms with Crippen molar-refractivity contribution in [2.45, 2.75) is 0 Å². The smallest absolute Gasteiger partial charge is 0.318 e. The third kappa shape index (κ3) is 9.97. The lowest BCUT2D eigenvalue weighted by molar-refractivity contribution is -0.122. The second-order valence-corrected chi connectivity index (χ2v) is 1.07. The van der Waals surface area contributed by atoms with Crippen LogP contribution in [0.15, 0.2) is 0 Å². The fourth-order valence-corrected chi connectivity index (χ4v) is 0.177. The zero-order valence-corrected chi connectivity index (χ0v) is 5.63. The van der Waals surface area contributed by atoms with E-state index in [2.05, 4.69) is 11.5 Å². The molecule has 0 saturated carbocycles. The van der Waals surface area contributed by atoms with Gasteiger partial charge in [0, 0.05) is 0 Å². The molecule has 0 spiro atoms. The predicted octanol–water partition coefficient (Wildman–Crippen LogP) is -2.25. The number of hydrogen-bond acceptors (Lipinski definition) is 4. The zero-order valence-electron chi connectivity index (χ0n) is 5.63. The van der Waals surface area contributed by atoms with Crippen molar-refractivity contribution in [2.75, 3.05) is 13.7 Å². The van der Waals surface area contributed by atoms with Gasteiger partial charge in [0.05, 0.1) is 0 Å². The number of rotatable bonds is 1. The molecule has 3 amide bonds. The summed E-state index contributed by atoms with van der Waals surface area (Å²) in [5.74, 6) is -0.794. The van der Waals surface area contributed by atoms with E-state index in [1.165, 1.54) is 7.05 Å². The quantitative estimate of drug-likeness (QED) is 0.336. The second kappa shape index (κ2) is 7.86. The first-order valence-electron chi connectivity index (χ1n) is 2.44. The van der Waals surface area contributed by atoms with E-state index >= 15 is 0 Å². The number of nitrogens with two attached hydrogens (primary N) is 2. The molecule has 0 aliphatic heterocycles. The van der Waals surface area contributed by atoms with Gasteiger partial charge in [-0.05, 0) is 7.05 Å². The third-order valence-electron chi connectivity index (χ3n) is 0.406. The molecule has 0 aliphatic carbocycles. The van der Waals surface area contributed by atoms with Gasteiger partial charge in [0.25, 0.3) is 5.91 Å². The molecule has 0 radical (unpaired) electrons. The molecule has 0 fully saturated rings. The van der Waals surface area contributed by atoms with Crippen LogP contribution in [0.1, 0.15) is 0 Å². The minimum absolute atomic E-state index is 0.719. The summed E-state index contributed by atoms with van der Waals surface area (Å²) in [7, 11) is 1.50. The highest BCUT2D eigenvalue weighted by Crippen LogP contribution is 1.58. The summed E-state index contributed by atoms with van der Waals surface area (Å²) < 4.78 is 0. The Bertz CT molecular complexity index is 114. The normalized spacial score (nSPS) is 7.10. The van der Waals surface area contributed by atoms with E-state index in [9.17, 15) is 9.59 Å². The Morgan fingerprint density at radius 3 is 2.00 bits per heavy atom. The van der Waals surface area contributed by atoms with E-state index < -0.39 is 18.5 Å². The standard InChI is InChI=1S/C3H6N2O3.CH5N/c4-3(8)5-2(7)1-6;1-2/h6H,1H2,(H3,4,5,7,8);2H2,1H3. The topological polar surface area (TPSA) is 118 Å². The van der Waals surface area contributed by atoms with Crippen molar-refractivity contribution in [3.8, 4) is 0 Å². The molecule has 60 valence electrons. The first kappa shape index (κ1) is 11.6. The van der Waals surface area contributed by atoms with Crippen LogP contribution in [0.4, 0.5) is 4.79 Å². The maximum absolute atomic E-state index is 9.96. The van der Waals surface area contributed by atoms with E-state index in [4.69, 9.17) is 5.11 Å². The highest BCUT2D eigenvalue weighted by Gasteiger charge is 1.98. The van der Waals surface area contributed by atoms with Gasteiger partial charge in [0.1, 0.15) is 6.61 Å². The SMILES string of the molecule is CN.NC(=O)NC(=O)CO. The molecule has 0 rings (SSSR count). The minimum Gasteiger partial charge on any atom is -0.387 e. The average Bonchev–Trinajstić information content (AvgIpc) is 1.91. The van der Waals surface area contributed by atoms with Crippen LogP contribution >= 0.6 is 0 Å². The second-order valence-electron chi connectivity index (χ2n) is 1.07. The molecule has 0 aromatic rings. The Morgan fingerprint density at radius 2 is 1.90 bits per heavy atom. The first-order chi connectivity index (χ1) is 4.66. The van der Waals surface area contributed by atoms with E-state index in [0.717, 1.165) is 0 Å². The summed E-state index contributed by atoms with van der Waals surface area (Å²) in [6, 6.07) is -0.955. The fourth-order valence-electron chi connectivity index (χ4n) is 0.177. The van der Waals surface area contributed by atoms with Crippen LogP contribution in [-0.2, 0) is 4.79 Å². The van der Waals surface area contributed by atoms with Crippen molar-refractivity contribution >= 4 is 11.9 Å². The Hall–Kier alpha value is -1.14. The maximum Gasteiger partial charge on any atom is 0.318 e. The lowest BCUT2D eigenvalue weighted by atomic mass is 10.6. The van der Waals surface area contributed by atoms with Crippen LogP contribution < -0.4 is 16.8 Å². The van der Waals surface area contributed by atoms with Gasteiger partial charge in [-0.1, -0.05) is 0 Å². The van der Waals surface area contributed by atoms with Gasteiger partial charge in [-0.15, -0.1) is 0 Å². The molecular formula is C4H11N3O3. The Kier molecular flexibility index (Phi) is 9.14. The lowest BCUT2D eigenvalue weighted by Gasteiger charge is -1.92. The van der Waals surface area contributed by atoms with Gasteiger partial charge in [-0.25, -0.2) is 4.79 Å². The summed E-state index contributed by atoms with van der Waals surface area (Å²) >= 11 is 0.